The summed E-state index contributed by atoms with van der Waals surface area (Å²) in [5.41, 5.74) is 4.00. The summed E-state index contributed by atoms with van der Waals surface area (Å²) >= 11 is 0. The molecule has 0 aliphatic rings. The van der Waals surface area contributed by atoms with Crippen LogP contribution in [-0.2, 0) is 0 Å². The summed E-state index contributed by atoms with van der Waals surface area (Å²) in [6.07, 6.45) is 2.61. The highest BCUT2D eigenvalue weighted by atomic mass is 16.5. The van der Waals surface area contributed by atoms with E-state index in [-0.39, 0.29) is 17.6 Å². The van der Waals surface area contributed by atoms with Crippen molar-refractivity contribution < 1.29 is 14.2 Å². The van der Waals surface area contributed by atoms with Gasteiger partial charge in [-0.15, -0.1) is 0 Å². The highest BCUT2D eigenvalue weighted by Gasteiger charge is 2.19. The van der Waals surface area contributed by atoms with Gasteiger partial charge in [-0.1, -0.05) is 32.9 Å². The first-order valence-electron chi connectivity index (χ1n) is 14.0. The quantitative estimate of drug-likeness (QED) is 0.186. The molecule has 0 aliphatic carbocycles. The molecule has 7 heteroatoms. The fourth-order valence-corrected chi connectivity index (χ4v) is 4.47. The predicted octanol–water partition coefficient (Wildman–Crippen LogP) is 7.35. The van der Waals surface area contributed by atoms with Gasteiger partial charge in [-0.2, -0.15) is 9.78 Å². The molecule has 7 nitrogen and oxygen atoms in total. The summed E-state index contributed by atoms with van der Waals surface area (Å²) < 4.78 is 19.2. The fraction of sp³-hybridized carbons (Fsp3) is 0.364. The maximum Gasteiger partial charge on any atom is 0.282 e. The van der Waals surface area contributed by atoms with E-state index in [2.05, 4.69) is 31.9 Å². The molecule has 0 saturated carbocycles. The van der Waals surface area contributed by atoms with E-state index in [0.717, 1.165) is 34.4 Å². The number of hydrogen-bond donors (Lipinski definition) is 0. The standard InChI is InChI=1S/C33H39N3O4/c1-8-23(7)40-29-16-15-24(18-31(29)39-10-3)20-34-36-32(35-28-14-12-11-13-25(28)33(36)37)27-19-26(21(4)5)30(38-9-2)17-22(27)6/h11-21,23H,8-10H2,1-7H3/t23-/m0/s1. The molecular weight excluding hydrogens is 502 g/mol. The van der Waals surface area contributed by atoms with Gasteiger partial charge in [0.15, 0.2) is 17.3 Å². The van der Waals surface area contributed by atoms with Crippen molar-refractivity contribution in [2.24, 2.45) is 5.10 Å². The molecule has 0 spiro atoms. The van der Waals surface area contributed by atoms with Crippen LogP contribution in [-0.4, -0.2) is 35.2 Å². The third kappa shape index (κ3) is 6.19. The lowest BCUT2D eigenvalue weighted by Gasteiger charge is -2.18. The molecule has 1 atom stereocenters. The third-order valence-corrected chi connectivity index (χ3v) is 6.77. The minimum Gasteiger partial charge on any atom is -0.494 e. The molecule has 1 heterocycles. The molecule has 0 unspecified atom stereocenters. The lowest BCUT2D eigenvalue weighted by atomic mass is 9.96. The van der Waals surface area contributed by atoms with Crippen molar-refractivity contribution >= 4 is 17.1 Å². The molecule has 40 heavy (non-hydrogen) atoms. The third-order valence-electron chi connectivity index (χ3n) is 6.77. The zero-order valence-electron chi connectivity index (χ0n) is 24.5. The van der Waals surface area contributed by atoms with Gasteiger partial charge >= 0.3 is 0 Å². The Morgan fingerprint density at radius 3 is 2.35 bits per heavy atom. The molecule has 0 N–H and O–H groups in total. The largest absolute Gasteiger partial charge is 0.494 e. The maximum atomic E-state index is 13.8. The van der Waals surface area contributed by atoms with Gasteiger partial charge in [0, 0.05) is 5.56 Å². The number of fused-ring (bicyclic) bond motifs is 1. The number of nitrogens with zero attached hydrogens (tertiary/aromatic N) is 3. The predicted molar refractivity (Wildman–Crippen MR) is 162 cm³/mol. The van der Waals surface area contributed by atoms with Gasteiger partial charge in [-0.3, -0.25) is 4.79 Å². The highest BCUT2D eigenvalue weighted by Crippen LogP contribution is 2.34. The first kappa shape index (κ1) is 28.9. The normalized spacial score (nSPS) is 12.3. The Kier molecular flexibility index (Phi) is 9.25. The van der Waals surface area contributed by atoms with Crippen LogP contribution in [0.4, 0.5) is 0 Å². The van der Waals surface area contributed by atoms with E-state index in [1.165, 1.54) is 4.68 Å². The van der Waals surface area contributed by atoms with Crippen LogP contribution in [0, 0.1) is 6.92 Å². The molecule has 1 aromatic heterocycles. The van der Waals surface area contributed by atoms with Gasteiger partial charge in [0.25, 0.3) is 5.56 Å². The zero-order valence-corrected chi connectivity index (χ0v) is 24.5. The second-order valence-corrected chi connectivity index (χ2v) is 10.1. The Morgan fingerprint density at radius 2 is 1.65 bits per heavy atom. The topological polar surface area (TPSA) is 74.9 Å². The van der Waals surface area contributed by atoms with E-state index in [9.17, 15) is 4.79 Å². The van der Waals surface area contributed by atoms with Crippen molar-refractivity contribution in [2.45, 2.75) is 66.9 Å². The van der Waals surface area contributed by atoms with Gasteiger partial charge in [0.05, 0.1) is 36.4 Å². The maximum absolute atomic E-state index is 13.8. The highest BCUT2D eigenvalue weighted by molar-refractivity contribution is 5.83. The van der Waals surface area contributed by atoms with Crippen LogP contribution in [0.1, 0.15) is 70.6 Å². The van der Waals surface area contributed by atoms with Crippen molar-refractivity contribution in [3.63, 3.8) is 0 Å². The summed E-state index contributed by atoms with van der Waals surface area (Å²) in [4.78, 5) is 18.7. The first-order chi connectivity index (χ1) is 19.3. The zero-order chi connectivity index (χ0) is 28.8. The fourth-order valence-electron chi connectivity index (χ4n) is 4.47. The average molecular weight is 542 g/mol. The number of ether oxygens (including phenoxy) is 3. The Morgan fingerprint density at radius 1 is 0.925 bits per heavy atom. The number of rotatable bonds is 11. The summed E-state index contributed by atoms with van der Waals surface area (Å²) in [5.74, 6) is 2.87. The van der Waals surface area contributed by atoms with Gasteiger partial charge in [-0.05, 0) is 99.2 Å². The molecule has 0 bridgehead atoms. The number of aromatic nitrogens is 2. The van der Waals surface area contributed by atoms with Crippen LogP contribution in [0.2, 0.25) is 0 Å². The number of benzene rings is 3. The Bertz CT molecular complexity index is 1570. The summed E-state index contributed by atoms with van der Waals surface area (Å²) in [7, 11) is 0. The van der Waals surface area contributed by atoms with Crippen molar-refractivity contribution in [1.29, 1.82) is 0 Å². The average Bonchev–Trinajstić information content (AvgIpc) is 2.94. The Balaban J connectivity index is 1.88. The number of para-hydroxylation sites is 1. The molecule has 0 radical (unpaired) electrons. The second-order valence-electron chi connectivity index (χ2n) is 10.1. The molecule has 4 aromatic rings. The molecule has 0 aliphatic heterocycles. The Hall–Kier alpha value is -4.13. The molecule has 3 aromatic carbocycles. The molecule has 210 valence electrons. The summed E-state index contributed by atoms with van der Waals surface area (Å²) in [5, 5.41) is 5.18. The lowest BCUT2D eigenvalue weighted by molar-refractivity contribution is 0.203. The second kappa shape index (κ2) is 12.8. The van der Waals surface area contributed by atoms with Crippen molar-refractivity contribution in [1.82, 2.24) is 9.66 Å². The van der Waals surface area contributed by atoms with E-state index in [1.54, 1.807) is 12.3 Å². The minimum atomic E-state index is -0.238. The van der Waals surface area contributed by atoms with Crippen LogP contribution < -0.4 is 19.8 Å². The van der Waals surface area contributed by atoms with Crippen molar-refractivity contribution in [3.8, 4) is 28.6 Å². The van der Waals surface area contributed by atoms with E-state index in [0.29, 0.717) is 41.4 Å². The van der Waals surface area contributed by atoms with Crippen LogP contribution in [0.5, 0.6) is 17.2 Å². The summed E-state index contributed by atoms with van der Waals surface area (Å²) in [6, 6.07) is 17.1. The summed E-state index contributed by atoms with van der Waals surface area (Å²) in [6.45, 7) is 15.4. The molecule has 0 saturated heterocycles. The van der Waals surface area contributed by atoms with Crippen LogP contribution >= 0.6 is 0 Å². The van der Waals surface area contributed by atoms with E-state index in [4.69, 9.17) is 19.2 Å². The van der Waals surface area contributed by atoms with Crippen LogP contribution in [0.3, 0.4) is 0 Å². The monoisotopic (exact) mass is 541 g/mol. The lowest BCUT2D eigenvalue weighted by Crippen LogP contribution is -2.21. The molecule has 0 fully saturated rings. The van der Waals surface area contributed by atoms with Gasteiger partial charge < -0.3 is 14.2 Å². The molecular formula is C33H39N3O4. The van der Waals surface area contributed by atoms with Gasteiger partial charge in [0.2, 0.25) is 0 Å². The van der Waals surface area contributed by atoms with Gasteiger partial charge in [-0.25, -0.2) is 4.98 Å². The SMILES string of the molecule is CCOc1cc(C=Nn2c(-c3cc(C(C)C)c(OCC)cc3C)nc3ccccc3c2=O)ccc1O[C@@H](C)CC. The smallest absolute Gasteiger partial charge is 0.282 e. The number of hydrogen-bond acceptors (Lipinski definition) is 6. The minimum absolute atomic E-state index is 0.0663. The molecule has 0 amide bonds. The van der Waals surface area contributed by atoms with Gasteiger partial charge in [0.1, 0.15) is 5.75 Å². The number of aryl methyl sites for hydroxylation is 1. The van der Waals surface area contributed by atoms with E-state index < -0.39 is 0 Å². The Labute approximate surface area is 236 Å². The van der Waals surface area contributed by atoms with E-state index >= 15 is 0 Å². The first-order valence-corrected chi connectivity index (χ1v) is 14.0. The van der Waals surface area contributed by atoms with Crippen LogP contribution in [0.25, 0.3) is 22.3 Å². The van der Waals surface area contributed by atoms with Crippen molar-refractivity contribution in [3.05, 3.63) is 81.6 Å². The van der Waals surface area contributed by atoms with Crippen LogP contribution in [0.15, 0.2) is 64.5 Å². The van der Waals surface area contributed by atoms with Crippen molar-refractivity contribution in [2.75, 3.05) is 13.2 Å². The van der Waals surface area contributed by atoms with E-state index in [1.807, 2.05) is 70.2 Å². The molecule has 4 rings (SSSR count).